The lowest BCUT2D eigenvalue weighted by atomic mass is 10.2. The Balaban J connectivity index is 0.00000484. The van der Waals surface area contributed by atoms with E-state index >= 15 is 0 Å². The van der Waals surface area contributed by atoms with E-state index < -0.39 is 0 Å². The highest BCUT2D eigenvalue weighted by Gasteiger charge is 2.13. The van der Waals surface area contributed by atoms with Crippen LogP contribution >= 0.6 is 58.8 Å². The lowest BCUT2D eigenvalue weighted by molar-refractivity contribution is 0.119. The maximum atomic E-state index is 6.18. The van der Waals surface area contributed by atoms with Gasteiger partial charge in [-0.1, -0.05) is 46.4 Å². The van der Waals surface area contributed by atoms with Crippen LogP contribution in [0, 0.1) is 0 Å². The van der Waals surface area contributed by atoms with Crippen molar-refractivity contribution >= 4 is 58.8 Å². The molecule has 0 saturated carbocycles. The predicted molar refractivity (Wildman–Crippen MR) is 98.5 cm³/mol. The van der Waals surface area contributed by atoms with Crippen molar-refractivity contribution in [2.45, 2.75) is 25.9 Å². The highest BCUT2D eigenvalue weighted by molar-refractivity contribution is 6.55. The summed E-state index contributed by atoms with van der Waals surface area (Å²) >= 11 is 23.4. The maximum absolute atomic E-state index is 6.18. The van der Waals surface area contributed by atoms with Gasteiger partial charge in [0, 0.05) is 12.1 Å². The van der Waals surface area contributed by atoms with Crippen molar-refractivity contribution in [2.75, 3.05) is 13.2 Å². The van der Waals surface area contributed by atoms with Crippen LogP contribution in [-0.4, -0.2) is 19.3 Å². The zero-order valence-corrected chi connectivity index (χ0v) is 16.2. The van der Waals surface area contributed by atoms with E-state index in [2.05, 4.69) is 4.84 Å². The van der Waals surface area contributed by atoms with E-state index in [4.69, 9.17) is 61.8 Å². The second-order valence-electron chi connectivity index (χ2n) is 4.46. The minimum absolute atomic E-state index is 0. The van der Waals surface area contributed by atoms with Crippen molar-refractivity contribution in [3.05, 3.63) is 32.7 Å². The van der Waals surface area contributed by atoms with Crippen LogP contribution < -0.4 is 15.4 Å². The highest BCUT2D eigenvalue weighted by atomic mass is 35.5. The molecule has 1 aromatic carbocycles. The molecule has 0 bridgehead atoms. The van der Waals surface area contributed by atoms with Gasteiger partial charge in [-0.25, -0.2) is 5.90 Å². The van der Waals surface area contributed by atoms with Crippen molar-refractivity contribution in [1.82, 2.24) is 0 Å². The van der Waals surface area contributed by atoms with Gasteiger partial charge in [-0.15, -0.1) is 12.4 Å². The lowest BCUT2D eigenvalue weighted by Gasteiger charge is -2.17. The molecule has 0 spiro atoms. The van der Waals surface area contributed by atoms with Crippen LogP contribution in [0.5, 0.6) is 11.5 Å². The molecule has 0 saturated heterocycles. The zero-order chi connectivity index (χ0) is 16.5. The van der Waals surface area contributed by atoms with Crippen molar-refractivity contribution in [1.29, 1.82) is 0 Å². The third kappa shape index (κ3) is 9.11. The molecule has 0 aliphatic rings. The molecule has 1 aromatic rings. The largest absolute Gasteiger partial charge is 0.489 e. The summed E-state index contributed by atoms with van der Waals surface area (Å²) < 4.78 is 11.3. The van der Waals surface area contributed by atoms with E-state index in [0.717, 1.165) is 12.8 Å². The van der Waals surface area contributed by atoms with E-state index in [0.29, 0.717) is 28.2 Å². The fraction of sp³-hybridized carbons (Fsp3) is 0.429. The summed E-state index contributed by atoms with van der Waals surface area (Å²) in [5.74, 6) is 5.89. The fourth-order valence-electron chi connectivity index (χ4n) is 1.65. The number of benzene rings is 1. The third-order valence-electron chi connectivity index (χ3n) is 2.65. The quantitative estimate of drug-likeness (QED) is 0.416. The van der Waals surface area contributed by atoms with Gasteiger partial charge >= 0.3 is 0 Å². The number of halogens is 5. The Bertz CT molecular complexity index is 486. The number of rotatable bonds is 9. The average molecular weight is 426 g/mol. The molecule has 0 aliphatic carbocycles. The smallest absolute Gasteiger partial charge is 0.157 e. The molecule has 0 aromatic heterocycles. The second kappa shape index (κ2) is 12.3. The summed E-state index contributed by atoms with van der Waals surface area (Å²) in [5.41, 5.74) is 0. The van der Waals surface area contributed by atoms with Crippen LogP contribution in [-0.2, 0) is 4.84 Å². The van der Waals surface area contributed by atoms with Crippen LogP contribution in [0.1, 0.15) is 19.8 Å². The molecule has 0 aliphatic heterocycles. The molecule has 9 heteroatoms. The van der Waals surface area contributed by atoms with Crippen molar-refractivity contribution in [3.8, 4) is 11.5 Å². The van der Waals surface area contributed by atoms with Crippen LogP contribution in [0.4, 0.5) is 0 Å². The Hall–Kier alpha value is -0.0700. The third-order valence-corrected chi connectivity index (χ3v) is 3.52. The number of hydrogen-bond donors (Lipinski definition) is 1. The molecule has 2 N–H and O–H groups in total. The molecule has 0 fully saturated rings. The van der Waals surface area contributed by atoms with Gasteiger partial charge in [0.1, 0.15) is 16.8 Å². The molecule has 4 nitrogen and oxygen atoms in total. The van der Waals surface area contributed by atoms with Crippen LogP contribution in [0.25, 0.3) is 0 Å². The zero-order valence-electron chi connectivity index (χ0n) is 12.4. The molecular formula is C14H18Cl5NO3. The number of hydrogen-bond acceptors (Lipinski definition) is 4. The van der Waals surface area contributed by atoms with Gasteiger partial charge in [0.25, 0.3) is 0 Å². The summed E-state index contributed by atoms with van der Waals surface area (Å²) in [4.78, 5) is 4.51. The molecule has 0 radical (unpaired) electrons. The summed E-state index contributed by atoms with van der Waals surface area (Å²) in [6.07, 6.45) is 2.98. The Kier molecular flexibility index (Phi) is 12.3. The highest BCUT2D eigenvalue weighted by Crippen LogP contribution is 2.37. The van der Waals surface area contributed by atoms with Crippen LogP contribution in [0.15, 0.2) is 22.7 Å². The monoisotopic (exact) mass is 423 g/mol. The first kappa shape index (κ1) is 22.9. The van der Waals surface area contributed by atoms with Gasteiger partial charge < -0.3 is 14.3 Å². The van der Waals surface area contributed by atoms with E-state index in [-0.39, 0.29) is 29.6 Å². The summed E-state index contributed by atoms with van der Waals surface area (Å²) in [6, 6.07) is 3.24. The maximum Gasteiger partial charge on any atom is 0.157 e. The van der Waals surface area contributed by atoms with Gasteiger partial charge in [0.05, 0.1) is 22.8 Å². The van der Waals surface area contributed by atoms with Crippen LogP contribution in [0.3, 0.4) is 0 Å². The molecule has 1 atom stereocenters. The van der Waals surface area contributed by atoms with Crippen molar-refractivity contribution in [3.63, 3.8) is 0 Å². The SMILES string of the molecule is CC(CCCON)Oc1c(Cl)cc(OCC=C(Cl)Cl)cc1Cl.Cl. The fourth-order valence-corrected chi connectivity index (χ4v) is 2.33. The van der Waals surface area contributed by atoms with E-state index in [1.807, 2.05) is 6.92 Å². The van der Waals surface area contributed by atoms with Gasteiger partial charge in [0.2, 0.25) is 0 Å². The summed E-state index contributed by atoms with van der Waals surface area (Å²) in [6.45, 7) is 2.60. The molecule has 1 unspecified atom stereocenters. The first-order valence-electron chi connectivity index (χ1n) is 6.55. The normalized spacial score (nSPS) is 11.4. The predicted octanol–water partition coefficient (Wildman–Crippen LogP) is 5.55. The molecule has 23 heavy (non-hydrogen) atoms. The minimum atomic E-state index is -0.0742. The van der Waals surface area contributed by atoms with Crippen molar-refractivity contribution < 1.29 is 14.3 Å². The topological polar surface area (TPSA) is 53.7 Å². The number of nitrogens with two attached hydrogens (primary N) is 1. The van der Waals surface area contributed by atoms with Gasteiger partial charge in [0.15, 0.2) is 5.75 Å². The summed E-state index contributed by atoms with van der Waals surface area (Å²) in [5, 5.41) is 0.732. The molecule has 1 rings (SSSR count). The Morgan fingerprint density at radius 2 is 1.87 bits per heavy atom. The molecule has 0 amide bonds. The first-order valence-corrected chi connectivity index (χ1v) is 8.06. The summed E-state index contributed by atoms with van der Waals surface area (Å²) in [7, 11) is 0. The second-order valence-corrected chi connectivity index (χ2v) is 6.28. The van der Waals surface area contributed by atoms with Crippen molar-refractivity contribution in [2.24, 2.45) is 5.90 Å². The van der Waals surface area contributed by atoms with E-state index in [1.54, 1.807) is 12.1 Å². The van der Waals surface area contributed by atoms with Gasteiger partial charge in [-0.2, -0.15) is 0 Å². The lowest BCUT2D eigenvalue weighted by Crippen LogP contribution is -2.14. The Morgan fingerprint density at radius 3 is 2.39 bits per heavy atom. The average Bonchev–Trinajstić information content (AvgIpc) is 2.43. The standard InChI is InChI=1S/C14H17Cl4NO3.ClH/c1-9(3-2-5-21-19)22-14-11(15)7-10(8-12(14)16)20-6-4-13(17)18;/h4,7-9H,2-3,5-6,19H2,1H3;1H. The molecule has 132 valence electrons. The number of ether oxygens (including phenoxy) is 2. The van der Waals surface area contributed by atoms with E-state index in [1.165, 1.54) is 6.08 Å². The minimum Gasteiger partial charge on any atom is -0.489 e. The molecular weight excluding hydrogens is 407 g/mol. The van der Waals surface area contributed by atoms with Gasteiger partial charge in [-0.3, -0.25) is 0 Å². The first-order chi connectivity index (χ1) is 10.4. The Morgan fingerprint density at radius 1 is 1.26 bits per heavy atom. The van der Waals surface area contributed by atoms with E-state index in [9.17, 15) is 0 Å². The van der Waals surface area contributed by atoms with Crippen LogP contribution in [0.2, 0.25) is 10.0 Å². The molecule has 0 heterocycles. The van der Waals surface area contributed by atoms with Gasteiger partial charge in [-0.05, 0) is 25.8 Å². The Labute approximate surface area is 162 Å².